The summed E-state index contributed by atoms with van der Waals surface area (Å²) in [5, 5.41) is 16.7. The van der Waals surface area contributed by atoms with E-state index in [-0.39, 0.29) is 24.2 Å². The van der Waals surface area contributed by atoms with Crippen LogP contribution in [0.25, 0.3) is 0 Å². The highest BCUT2D eigenvalue weighted by Crippen LogP contribution is 2.29. The van der Waals surface area contributed by atoms with Crippen LogP contribution in [0.15, 0.2) is 24.3 Å². The Labute approximate surface area is 130 Å². The van der Waals surface area contributed by atoms with E-state index >= 15 is 0 Å². The Kier molecular flexibility index (Phi) is 5.35. The molecule has 1 saturated carbocycles. The van der Waals surface area contributed by atoms with Crippen molar-refractivity contribution in [3.05, 3.63) is 34.4 Å². The van der Waals surface area contributed by atoms with Gasteiger partial charge in [-0.1, -0.05) is 32.8 Å². The Hall–Kier alpha value is -2.11. The van der Waals surface area contributed by atoms with E-state index in [1.807, 2.05) is 0 Å². The number of carbonyl (C=O) groups is 1. The van der Waals surface area contributed by atoms with E-state index in [4.69, 9.17) is 0 Å². The van der Waals surface area contributed by atoms with Crippen LogP contribution in [-0.2, 0) is 4.79 Å². The van der Waals surface area contributed by atoms with E-state index in [1.165, 1.54) is 18.6 Å². The molecule has 1 aromatic carbocycles. The van der Waals surface area contributed by atoms with Crippen LogP contribution in [0, 0.1) is 22.0 Å². The van der Waals surface area contributed by atoms with Crippen molar-refractivity contribution in [3.63, 3.8) is 0 Å². The average Bonchev–Trinajstić information content (AvgIpc) is 2.50. The third-order valence-electron chi connectivity index (χ3n) is 4.56. The first-order chi connectivity index (χ1) is 10.5. The van der Waals surface area contributed by atoms with E-state index in [2.05, 4.69) is 24.5 Å². The molecule has 120 valence electrons. The monoisotopic (exact) mass is 305 g/mol. The normalized spacial score (nSPS) is 24.5. The minimum Gasteiger partial charge on any atom is -0.376 e. The highest BCUT2D eigenvalue weighted by Gasteiger charge is 2.27. The first kappa shape index (κ1) is 16.3. The molecule has 6 heteroatoms. The smallest absolute Gasteiger partial charge is 0.271 e. The van der Waals surface area contributed by atoms with E-state index < -0.39 is 4.92 Å². The quantitative estimate of drug-likeness (QED) is 0.647. The number of nitro groups is 1. The molecule has 0 aliphatic heterocycles. The number of amides is 1. The third-order valence-corrected chi connectivity index (χ3v) is 4.56. The van der Waals surface area contributed by atoms with Gasteiger partial charge in [-0.05, 0) is 24.3 Å². The molecule has 1 aliphatic carbocycles. The van der Waals surface area contributed by atoms with Crippen molar-refractivity contribution in [1.29, 1.82) is 0 Å². The first-order valence-corrected chi connectivity index (χ1v) is 7.75. The lowest BCUT2D eigenvalue weighted by Gasteiger charge is -2.34. The van der Waals surface area contributed by atoms with Gasteiger partial charge in [0.05, 0.1) is 11.5 Å². The van der Waals surface area contributed by atoms with Gasteiger partial charge >= 0.3 is 0 Å². The highest BCUT2D eigenvalue weighted by atomic mass is 16.6. The Balaban J connectivity index is 1.85. The summed E-state index contributed by atoms with van der Waals surface area (Å²) in [5.41, 5.74) is 0.592. The van der Waals surface area contributed by atoms with Crippen LogP contribution >= 0.6 is 0 Å². The molecule has 1 fully saturated rings. The van der Waals surface area contributed by atoms with Gasteiger partial charge < -0.3 is 10.6 Å². The van der Waals surface area contributed by atoms with Gasteiger partial charge in [0.1, 0.15) is 0 Å². The molecule has 1 aliphatic rings. The molecule has 2 N–H and O–H groups in total. The summed E-state index contributed by atoms with van der Waals surface area (Å²) >= 11 is 0. The number of non-ortho nitro benzene ring substituents is 1. The largest absolute Gasteiger partial charge is 0.376 e. The SMILES string of the molecule is C[C@@H]1[C@@H](C)CCC[C@H]1NC(=O)CNc1cccc([N+](=O)[O-])c1. The summed E-state index contributed by atoms with van der Waals surface area (Å²) < 4.78 is 0. The molecule has 0 radical (unpaired) electrons. The second-order valence-corrected chi connectivity index (χ2v) is 6.10. The van der Waals surface area contributed by atoms with Crippen molar-refractivity contribution < 1.29 is 9.72 Å². The van der Waals surface area contributed by atoms with Gasteiger partial charge in [0, 0.05) is 23.9 Å². The van der Waals surface area contributed by atoms with Gasteiger partial charge in [-0.25, -0.2) is 0 Å². The van der Waals surface area contributed by atoms with Gasteiger partial charge in [-0.3, -0.25) is 14.9 Å². The molecule has 0 spiro atoms. The summed E-state index contributed by atoms with van der Waals surface area (Å²) in [5.74, 6) is 1.04. The average molecular weight is 305 g/mol. The maximum atomic E-state index is 12.0. The van der Waals surface area contributed by atoms with E-state index in [0.29, 0.717) is 17.5 Å². The molecule has 2 rings (SSSR count). The van der Waals surface area contributed by atoms with Gasteiger partial charge in [0.15, 0.2) is 0 Å². The van der Waals surface area contributed by atoms with Gasteiger partial charge in [-0.15, -0.1) is 0 Å². The van der Waals surface area contributed by atoms with Crippen molar-refractivity contribution in [2.45, 2.75) is 39.2 Å². The molecule has 0 heterocycles. The van der Waals surface area contributed by atoms with Crippen LogP contribution in [0.2, 0.25) is 0 Å². The minimum atomic E-state index is -0.448. The van der Waals surface area contributed by atoms with Crippen molar-refractivity contribution in [3.8, 4) is 0 Å². The molecule has 0 unspecified atom stereocenters. The van der Waals surface area contributed by atoms with Gasteiger partial charge in [0.25, 0.3) is 5.69 Å². The topological polar surface area (TPSA) is 84.3 Å². The summed E-state index contributed by atoms with van der Waals surface area (Å²) in [6.07, 6.45) is 3.39. The van der Waals surface area contributed by atoms with Crippen molar-refractivity contribution >= 4 is 17.3 Å². The lowest BCUT2D eigenvalue weighted by molar-refractivity contribution is -0.384. The molecular weight excluding hydrogens is 282 g/mol. The second kappa shape index (κ2) is 7.24. The fourth-order valence-corrected chi connectivity index (χ4v) is 2.96. The number of anilines is 1. The fourth-order valence-electron chi connectivity index (χ4n) is 2.96. The predicted molar refractivity (Wildman–Crippen MR) is 85.7 cm³/mol. The summed E-state index contributed by atoms with van der Waals surface area (Å²) in [6.45, 7) is 4.53. The molecule has 0 aromatic heterocycles. The standard InChI is InChI=1S/C16H23N3O3/c1-11-5-3-8-15(12(11)2)18-16(20)10-17-13-6-4-7-14(9-13)19(21)22/h4,6-7,9,11-12,15,17H,3,5,8,10H2,1-2H3,(H,18,20)/t11-,12+,15+/m0/s1. The number of nitro benzene ring substituents is 1. The third kappa shape index (κ3) is 4.19. The fraction of sp³-hybridized carbons (Fsp3) is 0.562. The Bertz CT molecular complexity index is 547. The first-order valence-electron chi connectivity index (χ1n) is 7.75. The molecule has 6 nitrogen and oxygen atoms in total. The van der Waals surface area contributed by atoms with Crippen molar-refractivity contribution in [2.75, 3.05) is 11.9 Å². The summed E-state index contributed by atoms with van der Waals surface area (Å²) in [6, 6.07) is 6.40. The van der Waals surface area contributed by atoms with Crippen LogP contribution < -0.4 is 10.6 Å². The molecule has 22 heavy (non-hydrogen) atoms. The van der Waals surface area contributed by atoms with Crippen LogP contribution in [0.1, 0.15) is 33.1 Å². The number of benzene rings is 1. The van der Waals surface area contributed by atoms with Crippen LogP contribution in [-0.4, -0.2) is 23.4 Å². The molecular formula is C16H23N3O3. The van der Waals surface area contributed by atoms with Crippen LogP contribution in [0.3, 0.4) is 0 Å². The Morgan fingerprint density at radius 1 is 1.36 bits per heavy atom. The number of hydrogen-bond acceptors (Lipinski definition) is 4. The molecule has 1 amide bonds. The summed E-state index contributed by atoms with van der Waals surface area (Å²) in [7, 11) is 0. The van der Waals surface area contributed by atoms with Crippen LogP contribution in [0.5, 0.6) is 0 Å². The van der Waals surface area contributed by atoms with Crippen molar-refractivity contribution in [2.24, 2.45) is 11.8 Å². The Morgan fingerprint density at radius 3 is 2.86 bits per heavy atom. The maximum absolute atomic E-state index is 12.0. The van der Waals surface area contributed by atoms with Crippen LogP contribution in [0.4, 0.5) is 11.4 Å². The lowest BCUT2D eigenvalue weighted by atomic mass is 9.78. The van der Waals surface area contributed by atoms with Gasteiger partial charge in [-0.2, -0.15) is 0 Å². The van der Waals surface area contributed by atoms with Crippen molar-refractivity contribution in [1.82, 2.24) is 5.32 Å². The number of rotatable bonds is 5. The lowest BCUT2D eigenvalue weighted by Crippen LogP contribution is -2.45. The maximum Gasteiger partial charge on any atom is 0.271 e. The number of carbonyl (C=O) groups excluding carboxylic acids is 1. The van der Waals surface area contributed by atoms with E-state index in [9.17, 15) is 14.9 Å². The molecule has 0 saturated heterocycles. The number of hydrogen-bond donors (Lipinski definition) is 2. The zero-order valence-electron chi connectivity index (χ0n) is 13.0. The molecule has 0 bridgehead atoms. The molecule has 1 aromatic rings. The zero-order valence-corrected chi connectivity index (χ0v) is 13.0. The van der Waals surface area contributed by atoms with E-state index in [1.54, 1.807) is 12.1 Å². The predicted octanol–water partition coefficient (Wildman–Crippen LogP) is 2.95. The second-order valence-electron chi connectivity index (χ2n) is 6.10. The minimum absolute atomic E-state index is 0.0140. The number of nitrogens with one attached hydrogen (secondary N) is 2. The van der Waals surface area contributed by atoms with Gasteiger partial charge in [0.2, 0.25) is 5.91 Å². The summed E-state index contributed by atoms with van der Waals surface area (Å²) in [4.78, 5) is 22.3. The Morgan fingerprint density at radius 2 is 2.14 bits per heavy atom. The molecule has 3 atom stereocenters. The highest BCUT2D eigenvalue weighted by molar-refractivity contribution is 5.81. The number of nitrogens with zero attached hydrogens (tertiary/aromatic N) is 1. The zero-order chi connectivity index (χ0) is 16.1. The van der Waals surface area contributed by atoms with E-state index in [0.717, 1.165) is 12.8 Å².